The van der Waals surface area contributed by atoms with Crippen LogP contribution in [0.5, 0.6) is 0 Å². The van der Waals surface area contributed by atoms with Crippen molar-refractivity contribution in [3.63, 3.8) is 0 Å². The lowest BCUT2D eigenvalue weighted by molar-refractivity contribution is 0.703. The zero-order chi connectivity index (χ0) is 18.1. The summed E-state index contributed by atoms with van der Waals surface area (Å²) in [5.74, 6) is 0.476. The third kappa shape index (κ3) is 2.86. The van der Waals surface area contributed by atoms with Crippen molar-refractivity contribution in [2.75, 3.05) is 5.32 Å². The number of benzene rings is 1. The highest BCUT2D eigenvalue weighted by Crippen LogP contribution is 2.19. The van der Waals surface area contributed by atoms with E-state index in [1.165, 1.54) is 0 Å². The molecule has 26 heavy (non-hydrogen) atoms. The number of fused-ring (bicyclic) bond motifs is 1. The number of anilines is 2. The Kier molecular flexibility index (Phi) is 3.82. The largest absolute Gasteiger partial charge is 0.321 e. The first-order chi connectivity index (χ1) is 12.6. The van der Waals surface area contributed by atoms with E-state index in [0.29, 0.717) is 23.7 Å². The van der Waals surface area contributed by atoms with Gasteiger partial charge in [0.1, 0.15) is 0 Å². The Labute approximate surface area is 149 Å². The number of hydrogen-bond donors (Lipinski definition) is 1. The van der Waals surface area contributed by atoms with Gasteiger partial charge in [-0.05, 0) is 18.6 Å². The van der Waals surface area contributed by atoms with Crippen molar-refractivity contribution < 1.29 is 0 Å². The molecule has 8 heteroatoms. The molecule has 0 saturated carbocycles. The van der Waals surface area contributed by atoms with Crippen molar-refractivity contribution in [3.8, 4) is 6.07 Å². The molecular formula is C18H16N8. The van der Waals surface area contributed by atoms with Crippen LogP contribution in [0.2, 0.25) is 0 Å². The second-order valence-electron chi connectivity index (χ2n) is 5.97. The minimum absolute atomic E-state index is 0.468. The van der Waals surface area contributed by atoms with Gasteiger partial charge in [0.15, 0.2) is 5.65 Å². The number of hydrogen-bond acceptors (Lipinski definition) is 6. The van der Waals surface area contributed by atoms with Gasteiger partial charge >= 0.3 is 0 Å². The summed E-state index contributed by atoms with van der Waals surface area (Å²) in [6, 6.07) is 9.70. The molecule has 0 aliphatic rings. The molecule has 0 radical (unpaired) electrons. The van der Waals surface area contributed by atoms with Gasteiger partial charge in [-0.2, -0.15) is 20.4 Å². The summed E-state index contributed by atoms with van der Waals surface area (Å²) in [7, 11) is 1.87. The van der Waals surface area contributed by atoms with E-state index in [-0.39, 0.29) is 0 Å². The normalized spacial score (nSPS) is 10.8. The SMILES string of the molecule is Cc1nn(C)cc1Nc1ncc2cnn(Cc3ccccc3C#N)c2n1. The van der Waals surface area contributed by atoms with Crippen LogP contribution in [0.15, 0.2) is 42.9 Å². The zero-order valence-corrected chi connectivity index (χ0v) is 14.4. The first-order valence-corrected chi connectivity index (χ1v) is 8.08. The van der Waals surface area contributed by atoms with Crippen LogP contribution in [-0.2, 0) is 13.6 Å². The van der Waals surface area contributed by atoms with Gasteiger partial charge in [-0.25, -0.2) is 9.67 Å². The molecule has 0 aliphatic heterocycles. The van der Waals surface area contributed by atoms with Crippen LogP contribution in [0.3, 0.4) is 0 Å². The Balaban J connectivity index is 1.69. The molecule has 0 saturated heterocycles. The predicted molar refractivity (Wildman–Crippen MR) is 96.8 cm³/mol. The number of aromatic nitrogens is 6. The predicted octanol–water partition coefficient (Wildman–Crippen LogP) is 2.53. The maximum Gasteiger partial charge on any atom is 0.229 e. The molecule has 0 amide bonds. The molecule has 1 aromatic carbocycles. The summed E-state index contributed by atoms with van der Waals surface area (Å²) in [4.78, 5) is 8.93. The molecule has 0 fully saturated rings. The number of nitriles is 1. The molecule has 0 atom stereocenters. The number of nitrogens with one attached hydrogen (secondary N) is 1. The highest BCUT2D eigenvalue weighted by atomic mass is 15.3. The maximum atomic E-state index is 9.27. The van der Waals surface area contributed by atoms with Gasteiger partial charge < -0.3 is 5.32 Å². The van der Waals surface area contributed by atoms with Crippen molar-refractivity contribution in [1.29, 1.82) is 5.26 Å². The van der Waals surface area contributed by atoms with E-state index in [1.54, 1.807) is 27.8 Å². The van der Waals surface area contributed by atoms with Crippen LogP contribution in [0.1, 0.15) is 16.8 Å². The van der Waals surface area contributed by atoms with E-state index in [4.69, 9.17) is 0 Å². The van der Waals surface area contributed by atoms with Gasteiger partial charge in [0.25, 0.3) is 0 Å². The summed E-state index contributed by atoms with van der Waals surface area (Å²) >= 11 is 0. The number of aryl methyl sites for hydroxylation is 2. The maximum absolute atomic E-state index is 9.27. The van der Waals surface area contributed by atoms with Crippen molar-refractivity contribution in [2.24, 2.45) is 7.05 Å². The minimum Gasteiger partial charge on any atom is -0.321 e. The van der Waals surface area contributed by atoms with E-state index in [9.17, 15) is 5.26 Å². The summed E-state index contributed by atoms with van der Waals surface area (Å²) in [5, 5.41) is 22.0. The standard InChI is InChI=1S/C18H16N8/c1-12-16(11-25(2)24-12)22-18-20-8-15-9-21-26(17(15)23-18)10-14-6-4-3-5-13(14)7-19/h3-6,8-9,11H,10H2,1-2H3,(H,20,22,23). The molecule has 4 rings (SSSR count). The first-order valence-electron chi connectivity index (χ1n) is 8.08. The average Bonchev–Trinajstić information content (AvgIpc) is 3.18. The second kappa shape index (κ2) is 6.29. The molecular weight excluding hydrogens is 328 g/mol. The fourth-order valence-electron chi connectivity index (χ4n) is 2.81. The lowest BCUT2D eigenvalue weighted by Gasteiger charge is -2.07. The first kappa shape index (κ1) is 15.8. The fraction of sp³-hybridized carbons (Fsp3) is 0.167. The minimum atomic E-state index is 0.468. The van der Waals surface area contributed by atoms with Crippen LogP contribution >= 0.6 is 0 Å². The highest BCUT2D eigenvalue weighted by molar-refractivity contribution is 5.75. The Morgan fingerprint density at radius 1 is 1.23 bits per heavy atom. The molecule has 0 unspecified atom stereocenters. The number of nitrogens with zero attached hydrogens (tertiary/aromatic N) is 7. The molecule has 3 heterocycles. The molecule has 1 N–H and O–H groups in total. The van der Waals surface area contributed by atoms with Crippen molar-refractivity contribution in [3.05, 3.63) is 59.7 Å². The smallest absolute Gasteiger partial charge is 0.229 e. The third-order valence-electron chi connectivity index (χ3n) is 4.09. The Hall–Kier alpha value is -3.73. The van der Waals surface area contributed by atoms with Gasteiger partial charge in [0.2, 0.25) is 5.95 Å². The molecule has 0 spiro atoms. The van der Waals surface area contributed by atoms with Crippen molar-refractivity contribution >= 4 is 22.7 Å². The highest BCUT2D eigenvalue weighted by Gasteiger charge is 2.11. The van der Waals surface area contributed by atoms with E-state index in [1.807, 2.05) is 38.4 Å². The van der Waals surface area contributed by atoms with Gasteiger partial charge in [0.05, 0.1) is 41.1 Å². The lowest BCUT2D eigenvalue weighted by atomic mass is 10.1. The summed E-state index contributed by atoms with van der Waals surface area (Å²) in [6.07, 6.45) is 5.34. The van der Waals surface area contributed by atoms with E-state index in [0.717, 1.165) is 22.3 Å². The van der Waals surface area contributed by atoms with Gasteiger partial charge in [-0.3, -0.25) is 4.68 Å². The third-order valence-corrected chi connectivity index (χ3v) is 4.09. The quantitative estimate of drug-likeness (QED) is 0.611. The van der Waals surface area contributed by atoms with Crippen LogP contribution in [0.4, 0.5) is 11.6 Å². The van der Waals surface area contributed by atoms with Crippen LogP contribution in [0.25, 0.3) is 11.0 Å². The van der Waals surface area contributed by atoms with Crippen molar-refractivity contribution in [2.45, 2.75) is 13.5 Å². The molecule has 0 bridgehead atoms. The van der Waals surface area contributed by atoms with Crippen LogP contribution in [-0.4, -0.2) is 29.5 Å². The average molecular weight is 344 g/mol. The van der Waals surface area contributed by atoms with Crippen LogP contribution in [0, 0.1) is 18.3 Å². The van der Waals surface area contributed by atoms with Gasteiger partial charge in [-0.15, -0.1) is 0 Å². The summed E-state index contributed by atoms with van der Waals surface area (Å²) in [5.41, 5.74) is 3.96. The molecule has 8 nitrogen and oxygen atoms in total. The van der Waals surface area contributed by atoms with Crippen LogP contribution < -0.4 is 5.32 Å². The Bertz CT molecular complexity index is 1130. The van der Waals surface area contributed by atoms with E-state index >= 15 is 0 Å². The van der Waals surface area contributed by atoms with Gasteiger partial charge in [-0.1, -0.05) is 18.2 Å². The van der Waals surface area contributed by atoms with Gasteiger partial charge in [0, 0.05) is 19.4 Å². The monoisotopic (exact) mass is 344 g/mol. The van der Waals surface area contributed by atoms with E-state index < -0.39 is 0 Å². The van der Waals surface area contributed by atoms with Crippen molar-refractivity contribution in [1.82, 2.24) is 29.5 Å². The molecule has 4 aromatic rings. The lowest BCUT2D eigenvalue weighted by Crippen LogP contribution is -2.05. The zero-order valence-electron chi connectivity index (χ0n) is 14.4. The Morgan fingerprint density at radius 3 is 2.85 bits per heavy atom. The topological polar surface area (TPSA) is 97.2 Å². The number of rotatable bonds is 4. The summed E-state index contributed by atoms with van der Waals surface area (Å²) < 4.78 is 3.51. The van der Waals surface area contributed by atoms with E-state index in [2.05, 4.69) is 31.6 Å². The Morgan fingerprint density at radius 2 is 2.08 bits per heavy atom. The molecule has 0 aliphatic carbocycles. The molecule has 3 aromatic heterocycles. The summed E-state index contributed by atoms with van der Waals surface area (Å²) in [6.45, 7) is 2.39. The fourth-order valence-corrected chi connectivity index (χ4v) is 2.81. The second-order valence-corrected chi connectivity index (χ2v) is 5.97. The molecule has 128 valence electrons.